The highest BCUT2D eigenvalue weighted by atomic mass is 16.5. The lowest BCUT2D eigenvalue weighted by Gasteiger charge is -2.25. The van der Waals surface area contributed by atoms with Crippen LogP contribution in [-0.2, 0) is 6.54 Å². The van der Waals surface area contributed by atoms with E-state index < -0.39 is 0 Å². The molecule has 1 aliphatic carbocycles. The number of carbonyl (C=O) groups is 1. The third kappa shape index (κ3) is 3.08. The minimum absolute atomic E-state index is 0.170. The van der Waals surface area contributed by atoms with Crippen molar-refractivity contribution >= 4 is 16.9 Å². The Labute approximate surface area is 139 Å². The number of nitrogens with zero attached hydrogens (tertiary/aromatic N) is 2. The van der Waals surface area contributed by atoms with E-state index in [1.54, 1.807) is 18.3 Å². The van der Waals surface area contributed by atoms with Gasteiger partial charge in [0.05, 0.1) is 17.6 Å². The highest BCUT2D eigenvalue weighted by Crippen LogP contribution is 2.24. The first-order chi connectivity index (χ1) is 11.8. The van der Waals surface area contributed by atoms with E-state index in [9.17, 15) is 4.79 Å². The Bertz CT molecular complexity index is 837. The summed E-state index contributed by atoms with van der Waals surface area (Å²) in [5.41, 5.74) is 2.39. The fourth-order valence-electron chi connectivity index (χ4n) is 2.63. The van der Waals surface area contributed by atoms with Crippen LogP contribution in [0.2, 0.25) is 0 Å². The molecule has 122 valence electrons. The Morgan fingerprint density at radius 2 is 2.17 bits per heavy atom. The molecular weight excluding hydrogens is 304 g/mol. The number of hydrogen-bond donors (Lipinski definition) is 2. The molecule has 2 aromatic heterocycles. The predicted molar refractivity (Wildman–Crippen MR) is 89.8 cm³/mol. The molecule has 0 radical (unpaired) electrons. The zero-order valence-electron chi connectivity index (χ0n) is 13.2. The second-order valence-corrected chi connectivity index (χ2v) is 5.94. The molecule has 0 spiro atoms. The Hall–Kier alpha value is -2.89. The van der Waals surface area contributed by atoms with E-state index in [-0.39, 0.29) is 12.0 Å². The zero-order chi connectivity index (χ0) is 16.4. The van der Waals surface area contributed by atoms with Crippen LogP contribution in [0, 0.1) is 0 Å². The van der Waals surface area contributed by atoms with Gasteiger partial charge in [0.2, 0.25) is 5.88 Å². The van der Waals surface area contributed by atoms with Gasteiger partial charge in [-0.3, -0.25) is 4.79 Å². The number of amides is 1. The molecule has 1 amide bonds. The molecule has 0 atom stereocenters. The minimum Gasteiger partial charge on any atom is -0.474 e. The summed E-state index contributed by atoms with van der Waals surface area (Å²) in [6, 6.07) is 11.1. The molecule has 24 heavy (non-hydrogen) atoms. The number of benzene rings is 1. The van der Waals surface area contributed by atoms with E-state index in [1.807, 2.05) is 24.3 Å². The fourth-order valence-corrected chi connectivity index (χ4v) is 2.63. The molecule has 3 aromatic rings. The molecule has 0 aliphatic heterocycles. The third-order valence-electron chi connectivity index (χ3n) is 4.19. The quantitative estimate of drug-likeness (QED) is 0.757. The fraction of sp³-hybridized carbons (Fsp3) is 0.278. The smallest absolute Gasteiger partial charge is 0.251 e. The number of rotatable bonds is 5. The lowest BCUT2D eigenvalue weighted by atomic mass is 9.96. The summed E-state index contributed by atoms with van der Waals surface area (Å²) in [6.07, 6.45) is 5.16. The van der Waals surface area contributed by atoms with Crippen molar-refractivity contribution in [1.29, 1.82) is 0 Å². The number of carbonyl (C=O) groups excluding carboxylic acids is 1. The number of imidazole rings is 1. The van der Waals surface area contributed by atoms with E-state index in [0.717, 1.165) is 29.7 Å². The SMILES string of the molecule is O=C(NCc1nc2ccccc2[nH]1)c1ccnc(OC2CCC2)c1. The number of pyridine rings is 1. The number of aromatic amines is 1. The van der Waals surface area contributed by atoms with Crippen LogP contribution in [-0.4, -0.2) is 27.0 Å². The van der Waals surface area contributed by atoms with E-state index in [0.29, 0.717) is 18.0 Å². The van der Waals surface area contributed by atoms with Crippen LogP contribution in [0.15, 0.2) is 42.6 Å². The maximum Gasteiger partial charge on any atom is 0.251 e. The van der Waals surface area contributed by atoms with Crippen LogP contribution in [0.5, 0.6) is 5.88 Å². The number of para-hydroxylation sites is 2. The molecule has 0 bridgehead atoms. The van der Waals surface area contributed by atoms with Crippen molar-refractivity contribution in [2.45, 2.75) is 31.9 Å². The average Bonchev–Trinajstić information content (AvgIpc) is 2.99. The summed E-state index contributed by atoms with van der Waals surface area (Å²) in [4.78, 5) is 24.1. The van der Waals surface area contributed by atoms with Gasteiger partial charge in [0.15, 0.2) is 0 Å². The monoisotopic (exact) mass is 322 g/mol. The highest BCUT2D eigenvalue weighted by Gasteiger charge is 2.20. The van der Waals surface area contributed by atoms with E-state index in [4.69, 9.17) is 4.74 Å². The van der Waals surface area contributed by atoms with Crippen molar-refractivity contribution in [1.82, 2.24) is 20.3 Å². The molecule has 6 nitrogen and oxygen atoms in total. The highest BCUT2D eigenvalue weighted by molar-refractivity contribution is 5.94. The summed E-state index contributed by atoms with van der Waals surface area (Å²) in [5.74, 6) is 1.07. The Morgan fingerprint density at radius 3 is 2.96 bits per heavy atom. The summed E-state index contributed by atoms with van der Waals surface area (Å²) < 4.78 is 5.73. The van der Waals surface area contributed by atoms with Crippen LogP contribution in [0.25, 0.3) is 11.0 Å². The van der Waals surface area contributed by atoms with Gasteiger partial charge in [0.25, 0.3) is 5.91 Å². The van der Waals surface area contributed by atoms with Gasteiger partial charge in [-0.25, -0.2) is 9.97 Å². The molecule has 1 aromatic carbocycles. The van der Waals surface area contributed by atoms with Crippen molar-refractivity contribution in [3.8, 4) is 5.88 Å². The normalized spacial score (nSPS) is 14.3. The van der Waals surface area contributed by atoms with E-state index >= 15 is 0 Å². The second-order valence-electron chi connectivity index (χ2n) is 5.94. The largest absolute Gasteiger partial charge is 0.474 e. The van der Waals surface area contributed by atoms with Crippen LogP contribution >= 0.6 is 0 Å². The second kappa shape index (κ2) is 6.31. The van der Waals surface area contributed by atoms with Crippen LogP contribution < -0.4 is 10.1 Å². The molecule has 2 N–H and O–H groups in total. The first-order valence-corrected chi connectivity index (χ1v) is 8.12. The number of aromatic nitrogens is 3. The molecule has 1 saturated carbocycles. The summed E-state index contributed by atoms with van der Waals surface area (Å²) in [7, 11) is 0. The number of fused-ring (bicyclic) bond motifs is 1. The molecule has 6 heteroatoms. The zero-order valence-corrected chi connectivity index (χ0v) is 13.2. The molecule has 0 saturated heterocycles. The number of ether oxygens (including phenoxy) is 1. The van der Waals surface area contributed by atoms with Gasteiger partial charge in [-0.05, 0) is 37.5 Å². The standard InChI is InChI=1S/C18H18N4O2/c23-18(12-8-9-19-17(10-12)24-13-4-3-5-13)20-11-16-21-14-6-1-2-7-15(14)22-16/h1-2,6-10,13H,3-5,11H2,(H,20,23)(H,21,22). The molecule has 1 aliphatic rings. The summed E-state index contributed by atoms with van der Waals surface area (Å²) in [5, 5.41) is 2.87. The van der Waals surface area contributed by atoms with Crippen molar-refractivity contribution in [3.05, 3.63) is 54.0 Å². The molecular formula is C18H18N4O2. The van der Waals surface area contributed by atoms with Gasteiger partial charge in [-0.2, -0.15) is 0 Å². The Kier molecular flexibility index (Phi) is 3.86. The van der Waals surface area contributed by atoms with Gasteiger partial charge >= 0.3 is 0 Å². The van der Waals surface area contributed by atoms with Crippen LogP contribution in [0.4, 0.5) is 0 Å². The topological polar surface area (TPSA) is 79.9 Å². The Morgan fingerprint density at radius 1 is 1.29 bits per heavy atom. The molecule has 2 heterocycles. The number of hydrogen-bond acceptors (Lipinski definition) is 4. The van der Waals surface area contributed by atoms with E-state index in [1.165, 1.54) is 6.42 Å². The first-order valence-electron chi connectivity index (χ1n) is 8.12. The maximum absolute atomic E-state index is 12.3. The molecule has 4 rings (SSSR count). The van der Waals surface area contributed by atoms with Crippen LogP contribution in [0.1, 0.15) is 35.4 Å². The van der Waals surface area contributed by atoms with Gasteiger partial charge in [0.1, 0.15) is 11.9 Å². The lowest BCUT2D eigenvalue weighted by molar-refractivity contribution is 0.0945. The van der Waals surface area contributed by atoms with Crippen molar-refractivity contribution in [2.75, 3.05) is 0 Å². The summed E-state index contributed by atoms with van der Waals surface area (Å²) >= 11 is 0. The van der Waals surface area contributed by atoms with Crippen molar-refractivity contribution in [3.63, 3.8) is 0 Å². The molecule has 1 fully saturated rings. The number of H-pyrrole nitrogens is 1. The maximum atomic E-state index is 12.3. The minimum atomic E-state index is -0.170. The lowest BCUT2D eigenvalue weighted by Crippen LogP contribution is -2.26. The van der Waals surface area contributed by atoms with Crippen molar-refractivity contribution in [2.24, 2.45) is 0 Å². The van der Waals surface area contributed by atoms with E-state index in [2.05, 4.69) is 20.3 Å². The third-order valence-corrected chi connectivity index (χ3v) is 4.19. The average molecular weight is 322 g/mol. The molecule has 0 unspecified atom stereocenters. The van der Waals surface area contributed by atoms with Gasteiger partial charge in [-0.15, -0.1) is 0 Å². The predicted octanol–water partition coefficient (Wildman–Crippen LogP) is 2.82. The van der Waals surface area contributed by atoms with Crippen molar-refractivity contribution < 1.29 is 9.53 Å². The Balaban J connectivity index is 1.41. The number of nitrogens with one attached hydrogen (secondary N) is 2. The van der Waals surface area contributed by atoms with Gasteiger partial charge in [0, 0.05) is 17.8 Å². The van der Waals surface area contributed by atoms with Gasteiger partial charge in [-0.1, -0.05) is 12.1 Å². The van der Waals surface area contributed by atoms with Crippen LogP contribution in [0.3, 0.4) is 0 Å². The summed E-state index contributed by atoms with van der Waals surface area (Å²) in [6.45, 7) is 0.342. The van der Waals surface area contributed by atoms with Gasteiger partial charge < -0.3 is 15.0 Å². The first kappa shape index (κ1) is 14.7.